The van der Waals surface area contributed by atoms with Crippen molar-refractivity contribution in [1.29, 1.82) is 0 Å². The third-order valence-electron chi connectivity index (χ3n) is 6.92. The van der Waals surface area contributed by atoms with E-state index >= 15 is 0 Å². The van der Waals surface area contributed by atoms with Crippen LogP contribution in [0.15, 0.2) is 0 Å². The summed E-state index contributed by atoms with van der Waals surface area (Å²) in [7, 11) is 0. The van der Waals surface area contributed by atoms with Gasteiger partial charge in [-0.05, 0) is 82.7 Å². The molecule has 2 heteroatoms. The molecule has 3 fully saturated rings. The lowest BCUT2D eigenvalue weighted by atomic mass is 9.78. The Hall–Kier alpha value is -0.0800. The molecule has 0 aromatic heterocycles. The van der Waals surface area contributed by atoms with Gasteiger partial charge in [0.05, 0.1) is 6.10 Å². The second-order valence-corrected chi connectivity index (χ2v) is 7.94. The van der Waals surface area contributed by atoms with E-state index in [0.29, 0.717) is 0 Å². The Kier molecular flexibility index (Phi) is 4.42. The van der Waals surface area contributed by atoms with Crippen molar-refractivity contribution in [3.63, 3.8) is 0 Å². The molecule has 0 amide bonds. The van der Waals surface area contributed by atoms with Crippen molar-refractivity contribution < 1.29 is 5.11 Å². The number of likely N-dealkylation sites (tertiary alicyclic amines) is 1. The maximum atomic E-state index is 11.0. The van der Waals surface area contributed by atoms with E-state index in [2.05, 4.69) is 18.7 Å². The van der Waals surface area contributed by atoms with Crippen LogP contribution in [0.25, 0.3) is 0 Å². The molecule has 20 heavy (non-hydrogen) atoms. The molecule has 5 unspecified atom stereocenters. The van der Waals surface area contributed by atoms with Crippen molar-refractivity contribution in [3.05, 3.63) is 0 Å². The first-order chi connectivity index (χ1) is 9.63. The molecule has 1 saturated heterocycles. The van der Waals surface area contributed by atoms with Gasteiger partial charge < -0.3 is 5.11 Å². The van der Waals surface area contributed by atoms with Crippen LogP contribution in [0.2, 0.25) is 0 Å². The maximum Gasteiger partial charge on any atom is 0.0723 e. The Balaban J connectivity index is 1.62. The average Bonchev–Trinajstić information content (AvgIpc) is 3.09. The van der Waals surface area contributed by atoms with Crippen molar-refractivity contribution >= 4 is 0 Å². The van der Waals surface area contributed by atoms with Crippen LogP contribution in [0.3, 0.4) is 0 Å². The van der Waals surface area contributed by atoms with Crippen molar-refractivity contribution in [2.45, 2.75) is 83.3 Å². The van der Waals surface area contributed by atoms with Gasteiger partial charge in [0.1, 0.15) is 0 Å². The Labute approximate surface area is 124 Å². The monoisotopic (exact) mass is 279 g/mol. The van der Waals surface area contributed by atoms with E-state index in [1.165, 1.54) is 58.0 Å². The third-order valence-corrected chi connectivity index (χ3v) is 6.92. The Bertz CT molecular complexity index is 325. The van der Waals surface area contributed by atoms with E-state index in [-0.39, 0.29) is 11.6 Å². The molecule has 0 radical (unpaired) electrons. The summed E-state index contributed by atoms with van der Waals surface area (Å²) in [6, 6.07) is 0. The van der Waals surface area contributed by atoms with Crippen LogP contribution < -0.4 is 0 Å². The molecule has 116 valence electrons. The molecular weight excluding hydrogens is 246 g/mol. The van der Waals surface area contributed by atoms with Gasteiger partial charge in [-0.1, -0.05) is 19.8 Å². The fourth-order valence-electron chi connectivity index (χ4n) is 5.28. The van der Waals surface area contributed by atoms with Crippen LogP contribution >= 0.6 is 0 Å². The summed E-state index contributed by atoms with van der Waals surface area (Å²) < 4.78 is 0. The summed E-state index contributed by atoms with van der Waals surface area (Å²) >= 11 is 0. The predicted octanol–water partition coefficient (Wildman–Crippen LogP) is 3.83. The van der Waals surface area contributed by atoms with Gasteiger partial charge in [0.15, 0.2) is 0 Å². The number of nitrogens with zero attached hydrogens (tertiary/aromatic N) is 1. The van der Waals surface area contributed by atoms with E-state index in [4.69, 9.17) is 0 Å². The summed E-state index contributed by atoms with van der Waals surface area (Å²) in [6.45, 7) is 6.96. The normalized spacial score (nSPS) is 38.9. The van der Waals surface area contributed by atoms with Gasteiger partial charge in [0.25, 0.3) is 0 Å². The number of hydrogen-bond acceptors (Lipinski definition) is 2. The van der Waals surface area contributed by atoms with Gasteiger partial charge in [-0.25, -0.2) is 0 Å². The van der Waals surface area contributed by atoms with Gasteiger partial charge in [-0.3, -0.25) is 4.90 Å². The summed E-state index contributed by atoms with van der Waals surface area (Å²) in [5.41, 5.74) is 0.0161. The molecule has 2 saturated carbocycles. The molecule has 3 aliphatic rings. The molecule has 0 aromatic carbocycles. The van der Waals surface area contributed by atoms with Crippen LogP contribution in [0.4, 0.5) is 0 Å². The average molecular weight is 279 g/mol. The van der Waals surface area contributed by atoms with E-state index < -0.39 is 0 Å². The highest BCUT2D eigenvalue weighted by Gasteiger charge is 2.44. The number of aliphatic hydroxyl groups is 1. The van der Waals surface area contributed by atoms with Crippen LogP contribution in [-0.2, 0) is 0 Å². The van der Waals surface area contributed by atoms with E-state index in [0.717, 1.165) is 30.6 Å². The number of fused-ring (bicyclic) bond motifs is 2. The van der Waals surface area contributed by atoms with E-state index in [1.54, 1.807) is 0 Å². The second-order valence-electron chi connectivity index (χ2n) is 7.94. The molecule has 5 atom stereocenters. The third kappa shape index (κ3) is 2.66. The minimum Gasteiger partial charge on any atom is -0.391 e. The molecule has 2 nitrogen and oxygen atoms in total. The van der Waals surface area contributed by atoms with E-state index in [9.17, 15) is 5.11 Å². The maximum absolute atomic E-state index is 11.0. The summed E-state index contributed by atoms with van der Waals surface area (Å²) in [5.74, 6) is 2.76. The summed E-state index contributed by atoms with van der Waals surface area (Å²) in [6.07, 6.45) is 11.8. The Morgan fingerprint density at radius 1 is 1.15 bits per heavy atom. The molecule has 1 aliphatic heterocycles. The van der Waals surface area contributed by atoms with Crippen LogP contribution in [0, 0.1) is 17.8 Å². The first kappa shape index (κ1) is 14.8. The first-order valence-electron chi connectivity index (χ1n) is 9.06. The first-order valence-corrected chi connectivity index (χ1v) is 9.06. The quantitative estimate of drug-likeness (QED) is 0.827. The smallest absolute Gasteiger partial charge is 0.0723 e. The highest BCUT2D eigenvalue weighted by atomic mass is 16.3. The van der Waals surface area contributed by atoms with E-state index in [1.807, 2.05) is 0 Å². The van der Waals surface area contributed by atoms with Crippen molar-refractivity contribution in [1.82, 2.24) is 4.90 Å². The van der Waals surface area contributed by atoms with Gasteiger partial charge in [-0.15, -0.1) is 0 Å². The minimum absolute atomic E-state index is 0.0161. The lowest BCUT2D eigenvalue weighted by Crippen LogP contribution is -2.56. The zero-order valence-corrected chi connectivity index (χ0v) is 13.5. The lowest BCUT2D eigenvalue weighted by molar-refractivity contribution is -0.0471. The second kappa shape index (κ2) is 5.96. The summed E-state index contributed by atoms with van der Waals surface area (Å²) in [4.78, 5) is 2.59. The fraction of sp³-hybridized carbons (Fsp3) is 1.00. The van der Waals surface area contributed by atoms with Crippen LogP contribution in [-0.4, -0.2) is 34.7 Å². The summed E-state index contributed by atoms with van der Waals surface area (Å²) in [5, 5.41) is 11.0. The number of aliphatic hydroxyl groups excluding tert-OH is 1. The van der Waals surface area contributed by atoms with Crippen molar-refractivity contribution in [3.8, 4) is 0 Å². The Morgan fingerprint density at radius 3 is 2.45 bits per heavy atom. The zero-order chi connectivity index (χ0) is 14.2. The SMILES string of the molecule is CCC(C)(C(O)CC1CC2CCC1C2)N1CCCCC1. The molecule has 1 heterocycles. The number of piperidine rings is 1. The van der Waals surface area contributed by atoms with Gasteiger partial charge in [0.2, 0.25) is 0 Å². The molecule has 0 spiro atoms. The molecule has 2 bridgehead atoms. The molecular formula is C18H33NO. The lowest BCUT2D eigenvalue weighted by Gasteiger charge is -2.47. The van der Waals surface area contributed by atoms with Crippen molar-refractivity contribution in [2.75, 3.05) is 13.1 Å². The fourth-order valence-corrected chi connectivity index (χ4v) is 5.28. The molecule has 0 aromatic rings. The number of rotatable bonds is 5. The van der Waals surface area contributed by atoms with Gasteiger partial charge in [-0.2, -0.15) is 0 Å². The Morgan fingerprint density at radius 2 is 1.90 bits per heavy atom. The number of hydrogen-bond donors (Lipinski definition) is 1. The van der Waals surface area contributed by atoms with Crippen molar-refractivity contribution in [2.24, 2.45) is 17.8 Å². The van der Waals surface area contributed by atoms with Crippen LogP contribution in [0.1, 0.15) is 71.6 Å². The van der Waals surface area contributed by atoms with Gasteiger partial charge >= 0.3 is 0 Å². The predicted molar refractivity (Wildman–Crippen MR) is 83.7 cm³/mol. The minimum atomic E-state index is -0.130. The van der Waals surface area contributed by atoms with Crippen LogP contribution in [0.5, 0.6) is 0 Å². The standard InChI is InChI=1S/C18H33NO/c1-3-18(2,19-9-5-4-6-10-19)17(20)13-16-12-14-7-8-15(16)11-14/h14-17,20H,3-13H2,1-2H3. The van der Waals surface area contributed by atoms with Gasteiger partial charge in [0, 0.05) is 5.54 Å². The molecule has 1 N–H and O–H groups in total. The molecule has 2 aliphatic carbocycles. The highest BCUT2D eigenvalue weighted by molar-refractivity contribution is 4.97. The highest BCUT2D eigenvalue weighted by Crippen LogP contribution is 2.50. The zero-order valence-electron chi connectivity index (χ0n) is 13.5. The largest absolute Gasteiger partial charge is 0.391 e. The topological polar surface area (TPSA) is 23.5 Å². The molecule has 3 rings (SSSR count).